The summed E-state index contributed by atoms with van der Waals surface area (Å²) in [5.74, 6) is 1.89. The molecule has 14 atom stereocenters. The number of aliphatic hydroxyl groups is 1. The van der Waals surface area contributed by atoms with Crippen LogP contribution in [0.5, 0.6) is 0 Å². The SMILES string of the molecule is CNC(=O)OC(C(C)C)C1CC(C)C2C(O1)C(O)C1(C)C3CCC4C(C)(C)C(OC5CN([I-]/C6=C/C=C\C=C/C=C\C6)CCO5)CCC45CC35CCC21C. The summed E-state index contributed by atoms with van der Waals surface area (Å²) in [5, 5.41) is 15.3. The van der Waals surface area contributed by atoms with Crippen molar-refractivity contribution in [3.8, 4) is 0 Å². The molecule has 0 aromatic rings. The molecule has 2 aliphatic heterocycles. The second-order valence-electron chi connectivity index (χ2n) is 19.8. The maximum absolute atomic E-state index is 12.7. The number of morpholine rings is 1. The molecule has 0 bridgehead atoms. The van der Waals surface area contributed by atoms with E-state index >= 15 is 0 Å². The fraction of sp³-hybridized carbons (Fsp3) is 0.800. The molecule has 14 unspecified atom stereocenters. The number of aliphatic hydroxyl groups excluding tert-OH is 1. The molecule has 8 rings (SSSR count). The molecule has 2 N–H and O–H groups in total. The Kier molecular flexibility index (Phi) is 10.7. The summed E-state index contributed by atoms with van der Waals surface area (Å²) in [7, 11) is 1.61. The fourth-order valence-corrected chi connectivity index (χ4v) is 17.1. The Bertz CT molecular complexity index is 1560. The fourth-order valence-electron chi connectivity index (χ4n) is 14.4. The van der Waals surface area contributed by atoms with E-state index in [0.29, 0.717) is 29.1 Å². The first kappa shape index (κ1) is 39.6. The van der Waals surface area contributed by atoms with Gasteiger partial charge < -0.3 is 19.9 Å². The topological polar surface area (TPSA) is 89.5 Å². The van der Waals surface area contributed by atoms with Gasteiger partial charge in [-0.25, -0.2) is 4.79 Å². The second-order valence-corrected chi connectivity index (χ2v) is 23.0. The van der Waals surface area contributed by atoms with Gasteiger partial charge in [0.15, 0.2) is 0 Å². The van der Waals surface area contributed by atoms with Gasteiger partial charge in [0.25, 0.3) is 0 Å². The van der Waals surface area contributed by atoms with Crippen molar-refractivity contribution in [2.75, 3.05) is 26.7 Å². The van der Waals surface area contributed by atoms with Crippen LogP contribution in [0.1, 0.15) is 106 Å². The number of alkyl carbamates (subject to hydrolysis) is 1. The van der Waals surface area contributed by atoms with E-state index in [1.807, 2.05) is 0 Å². The van der Waals surface area contributed by atoms with Gasteiger partial charge in [-0.1, -0.05) is 27.7 Å². The Morgan fingerprint density at radius 1 is 1.02 bits per heavy atom. The van der Waals surface area contributed by atoms with Crippen LogP contribution >= 0.6 is 0 Å². The summed E-state index contributed by atoms with van der Waals surface area (Å²) in [6.45, 7) is 19.1. The predicted octanol–water partition coefficient (Wildman–Crippen LogP) is 5.18. The van der Waals surface area contributed by atoms with Crippen LogP contribution in [-0.4, -0.2) is 77.9 Å². The van der Waals surface area contributed by atoms with Gasteiger partial charge in [0.05, 0.1) is 12.2 Å². The molecule has 2 saturated heterocycles. The molecule has 8 nitrogen and oxygen atoms in total. The first-order valence-corrected chi connectivity index (χ1v) is 23.3. The first-order valence-electron chi connectivity index (χ1n) is 21.3. The summed E-state index contributed by atoms with van der Waals surface area (Å²) in [4.78, 5) is 12.4. The molecule has 54 heavy (non-hydrogen) atoms. The zero-order chi connectivity index (χ0) is 38.3. The third-order valence-electron chi connectivity index (χ3n) is 16.9. The molecular weight excluding hydrogens is 791 g/mol. The number of hydrogen-bond acceptors (Lipinski definition) is 7. The minimum atomic E-state index is -0.532. The minimum absolute atomic E-state index is 0.000336. The van der Waals surface area contributed by atoms with E-state index in [4.69, 9.17) is 18.9 Å². The van der Waals surface area contributed by atoms with Gasteiger partial charge in [0.2, 0.25) is 0 Å². The molecule has 2 heterocycles. The molecule has 5 saturated carbocycles. The normalized spacial score (nSPS) is 49.9. The van der Waals surface area contributed by atoms with Crippen molar-refractivity contribution >= 4 is 6.09 Å². The Labute approximate surface area is 335 Å². The van der Waals surface area contributed by atoms with Crippen molar-refractivity contribution in [1.82, 2.24) is 8.43 Å². The van der Waals surface area contributed by atoms with E-state index in [1.54, 1.807) is 7.05 Å². The summed E-state index contributed by atoms with van der Waals surface area (Å²) < 4.78 is 30.5. The molecule has 302 valence electrons. The molecule has 0 radical (unpaired) electrons. The minimum Gasteiger partial charge on any atom is -0.0586 e. The van der Waals surface area contributed by atoms with Crippen molar-refractivity contribution in [1.29, 1.82) is 0 Å². The molecule has 0 aromatic heterocycles. The third-order valence-corrected chi connectivity index (χ3v) is 19.9. The van der Waals surface area contributed by atoms with E-state index in [9.17, 15) is 9.90 Å². The van der Waals surface area contributed by atoms with Gasteiger partial charge >= 0.3 is 236 Å². The average Bonchev–Trinajstić information content (AvgIpc) is 3.73. The van der Waals surface area contributed by atoms with Crippen molar-refractivity contribution in [2.45, 2.75) is 143 Å². The third kappa shape index (κ3) is 6.08. The summed E-state index contributed by atoms with van der Waals surface area (Å²) >= 11 is -0.249. The Morgan fingerprint density at radius 2 is 1.76 bits per heavy atom. The number of hydrogen-bond donors (Lipinski definition) is 2. The van der Waals surface area contributed by atoms with Gasteiger partial charge in [-0.15, -0.1) is 0 Å². The number of halogens is 1. The monoisotopic (exact) mass is 859 g/mol. The van der Waals surface area contributed by atoms with Gasteiger partial charge in [-0.3, -0.25) is 0 Å². The van der Waals surface area contributed by atoms with Crippen molar-refractivity contribution in [3.05, 3.63) is 46.1 Å². The number of fused-ring (bicyclic) bond motifs is 4. The second kappa shape index (κ2) is 14.5. The maximum atomic E-state index is 12.7. The number of rotatable bonds is 7. The number of ether oxygens (including phenoxy) is 4. The van der Waals surface area contributed by atoms with Gasteiger partial charge in [-0.2, -0.15) is 0 Å². The number of nitrogens with zero attached hydrogens (tertiary/aromatic N) is 1. The molecule has 6 aliphatic carbocycles. The number of amides is 1. The van der Waals surface area contributed by atoms with Gasteiger partial charge in [0.1, 0.15) is 6.10 Å². The van der Waals surface area contributed by atoms with Crippen molar-refractivity contribution in [3.63, 3.8) is 0 Å². The van der Waals surface area contributed by atoms with E-state index in [2.05, 4.69) is 99.4 Å². The Hall–Kier alpha value is -1.24. The standard InChI is InChI=1S/C45H68IN2O6/c1-28(2)37(54-40(50)47-8)31-25-29(3)36-38(52-31)39(49)43(7)33-18-17-32-41(4,5)34(19-20-44(32)27-45(33,44)22-21-42(36,43)6)53-35-26-48(23-24-51-35)46-30-15-13-11-9-10-12-14-16-30/h9-15,28-29,31-39,49H,16-27H2,1-8H3,(H,47,50)/q-1/b10-9-,13-11-,14-12-,30-15+. The van der Waals surface area contributed by atoms with E-state index in [-0.39, 0.29) is 79.8 Å². The molecule has 1 amide bonds. The predicted molar refractivity (Wildman–Crippen MR) is 207 cm³/mol. The molecular formula is C45H68IN2O6-. The summed E-state index contributed by atoms with van der Waals surface area (Å²) in [5.41, 5.74) is 0.459. The zero-order valence-corrected chi connectivity index (χ0v) is 36.3. The van der Waals surface area contributed by atoms with Crippen LogP contribution in [0, 0.1) is 56.7 Å². The molecule has 0 aromatic carbocycles. The summed E-state index contributed by atoms with van der Waals surface area (Å²) in [6.07, 6.45) is 23.8. The van der Waals surface area contributed by atoms with Gasteiger partial charge in [0, 0.05) is 7.05 Å². The number of allylic oxidation sites excluding steroid dienone is 8. The smallest absolute Gasteiger partial charge is 0.0586 e. The summed E-state index contributed by atoms with van der Waals surface area (Å²) in [6, 6.07) is 0. The van der Waals surface area contributed by atoms with Crippen LogP contribution in [0.3, 0.4) is 0 Å². The Balaban J connectivity index is 0.971. The number of nitrogens with one attached hydrogen (secondary N) is 1. The molecule has 9 heteroatoms. The molecule has 7 fully saturated rings. The van der Waals surface area contributed by atoms with Crippen LogP contribution < -0.4 is 26.8 Å². The van der Waals surface area contributed by atoms with Crippen LogP contribution in [0.4, 0.5) is 4.79 Å². The average molecular weight is 860 g/mol. The van der Waals surface area contributed by atoms with Crippen LogP contribution in [0.15, 0.2) is 46.1 Å². The van der Waals surface area contributed by atoms with Gasteiger partial charge in [-0.05, 0) is 24.2 Å². The quantitative estimate of drug-likeness (QED) is 0.270. The van der Waals surface area contributed by atoms with E-state index in [1.165, 1.54) is 35.7 Å². The Morgan fingerprint density at radius 3 is 2.54 bits per heavy atom. The van der Waals surface area contributed by atoms with Crippen LogP contribution in [-0.2, 0) is 18.9 Å². The van der Waals surface area contributed by atoms with E-state index in [0.717, 1.165) is 45.4 Å². The molecule has 2 spiro atoms. The zero-order valence-electron chi connectivity index (χ0n) is 34.2. The van der Waals surface area contributed by atoms with Crippen LogP contribution in [0.25, 0.3) is 0 Å². The van der Waals surface area contributed by atoms with E-state index < -0.39 is 12.2 Å². The number of carbonyl (C=O) groups excluding carboxylic acids is 1. The molecule has 8 aliphatic rings. The van der Waals surface area contributed by atoms with Crippen LogP contribution in [0.2, 0.25) is 0 Å². The van der Waals surface area contributed by atoms with Crippen molar-refractivity contribution in [2.24, 2.45) is 56.7 Å². The van der Waals surface area contributed by atoms with Crippen molar-refractivity contribution < 1.29 is 50.3 Å². The first-order chi connectivity index (χ1) is 25.7. The number of carbonyl (C=O) groups is 1.